The first kappa shape index (κ1) is 12.0. The molecule has 0 aromatic carbocycles. The van der Waals surface area contributed by atoms with Crippen molar-refractivity contribution < 1.29 is 13.2 Å². The average Bonchev–Trinajstić information content (AvgIpc) is 2.45. The lowest BCUT2D eigenvalue weighted by Gasteiger charge is -2.11. The summed E-state index contributed by atoms with van der Waals surface area (Å²) < 4.78 is 38.7. The Morgan fingerprint density at radius 3 is 2.40 bits per heavy atom. The zero-order valence-electron chi connectivity index (χ0n) is 8.54. The largest absolute Gasteiger partial charge is 0.434 e. The van der Waals surface area contributed by atoms with Crippen molar-refractivity contribution in [2.24, 2.45) is 11.7 Å². The zero-order valence-corrected chi connectivity index (χ0v) is 8.54. The molecular formula is C8H13F3N4. The molecule has 0 amide bonds. The monoisotopic (exact) mass is 222 g/mol. The van der Waals surface area contributed by atoms with Crippen LogP contribution in [0.15, 0.2) is 0 Å². The Balaban J connectivity index is 3.12. The van der Waals surface area contributed by atoms with Gasteiger partial charge in [0, 0.05) is 13.1 Å². The van der Waals surface area contributed by atoms with Crippen molar-refractivity contribution in [3.63, 3.8) is 0 Å². The number of hydrogen-bond donors (Lipinski definition) is 1. The molecule has 0 aliphatic heterocycles. The van der Waals surface area contributed by atoms with Crippen LogP contribution in [-0.2, 0) is 19.3 Å². The second kappa shape index (κ2) is 4.18. The second-order valence-electron chi connectivity index (χ2n) is 3.66. The number of rotatable bonds is 3. The van der Waals surface area contributed by atoms with Gasteiger partial charge in [0.15, 0.2) is 5.69 Å². The molecule has 7 heteroatoms. The molecule has 15 heavy (non-hydrogen) atoms. The van der Waals surface area contributed by atoms with E-state index in [1.165, 1.54) is 0 Å². The van der Waals surface area contributed by atoms with Gasteiger partial charge < -0.3 is 5.73 Å². The maximum atomic E-state index is 12.6. The third-order valence-corrected chi connectivity index (χ3v) is 1.80. The van der Waals surface area contributed by atoms with Gasteiger partial charge in [-0.1, -0.05) is 19.1 Å². The van der Waals surface area contributed by atoms with Crippen LogP contribution in [0.4, 0.5) is 13.2 Å². The molecule has 0 aliphatic carbocycles. The summed E-state index contributed by atoms with van der Waals surface area (Å²) in [5, 5.41) is 6.88. The Kier molecular flexibility index (Phi) is 3.33. The summed E-state index contributed by atoms with van der Waals surface area (Å²) in [6.45, 7) is 3.54. The lowest BCUT2D eigenvalue weighted by Crippen LogP contribution is -2.19. The van der Waals surface area contributed by atoms with Gasteiger partial charge >= 0.3 is 6.18 Å². The quantitative estimate of drug-likeness (QED) is 0.841. The van der Waals surface area contributed by atoms with Crippen molar-refractivity contribution in [2.45, 2.75) is 33.1 Å². The Bertz CT molecular complexity index is 329. The molecule has 1 aromatic rings. The lowest BCUT2D eigenvalue weighted by atomic mass is 10.2. The van der Waals surface area contributed by atoms with E-state index in [9.17, 15) is 13.2 Å². The van der Waals surface area contributed by atoms with Crippen molar-refractivity contribution in [2.75, 3.05) is 0 Å². The van der Waals surface area contributed by atoms with Gasteiger partial charge in [0.2, 0.25) is 0 Å². The predicted octanol–water partition coefficient (Wildman–Crippen LogP) is 1.41. The number of hydrogen-bond acceptors (Lipinski definition) is 3. The van der Waals surface area contributed by atoms with Crippen LogP contribution in [0.25, 0.3) is 0 Å². The molecule has 0 spiro atoms. The number of halogens is 3. The van der Waals surface area contributed by atoms with Crippen LogP contribution in [0.1, 0.15) is 25.2 Å². The van der Waals surface area contributed by atoms with Crippen LogP contribution in [0.3, 0.4) is 0 Å². The molecule has 0 bridgehead atoms. The van der Waals surface area contributed by atoms with E-state index in [1.807, 2.05) is 13.8 Å². The second-order valence-corrected chi connectivity index (χ2v) is 3.66. The van der Waals surface area contributed by atoms with E-state index in [1.54, 1.807) is 0 Å². The molecule has 0 saturated heterocycles. The van der Waals surface area contributed by atoms with Crippen molar-refractivity contribution in [1.82, 2.24) is 15.0 Å². The summed E-state index contributed by atoms with van der Waals surface area (Å²) in [5.74, 6) is 0.0680. The summed E-state index contributed by atoms with van der Waals surface area (Å²) in [7, 11) is 0. The molecule has 4 nitrogen and oxygen atoms in total. The first-order valence-electron chi connectivity index (χ1n) is 4.56. The van der Waals surface area contributed by atoms with Crippen LogP contribution in [0.2, 0.25) is 0 Å². The fraction of sp³-hybridized carbons (Fsp3) is 0.750. The maximum absolute atomic E-state index is 12.6. The highest BCUT2D eigenvalue weighted by molar-refractivity contribution is 5.13. The van der Waals surface area contributed by atoms with Gasteiger partial charge in [-0.3, -0.25) is 0 Å². The molecular weight excluding hydrogens is 209 g/mol. The molecule has 1 rings (SSSR count). The minimum Gasteiger partial charge on any atom is -0.325 e. The summed E-state index contributed by atoms with van der Waals surface area (Å²) in [5.41, 5.74) is 4.14. The SMILES string of the molecule is CC(C)Cn1nnc(CN)c1C(F)(F)F. The predicted molar refractivity (Wildman–Crippen MR) is 47.8 cm³/mol. The molecule has 0 radical (unpaired) electrons. The van der Waals surface area contributed by atoms with E-state index >= 15 is 0 Å². The molecule has 0 saturated carbocycles. The van der Waals surface area contributed by atoms with Gasteiger partial charge in [0.25, 0.3) is 0 Å². The van der Waals surface area contributed by atoms with Crippen LogP contribution in [-0.4, -0.2) is 15.0 Å². The van der Waals surface area contributed by atoms with Gasteiger partial charge in [-0.25, -0.2) is 4.68 Å². The van der Waals surface area contributed by atoms with Gasteiger partial charge in [-0.2, -0.15) is 13.2 Å². The van der Waals surface area contributed by atoms with E-state index in [-0.39, 0.29) is 24.7 Å². The highest BCUT2D eigenvalue weighted by Crippen LogP contribution is 2.31. The highest BCUT2D eigenvalue weighted by atomic mass is 19.4. The van der Waals surface area contributed by atoms with Crippen molar-refractivity contribution in [3.8, 4) is 0 Å². The Hall–Kier alpha value is -1.11. The number of aromatic nitrogens is 3. The fourth-order valence-corrected chi connectivity index (χ4v) is 1.27. The molecule has 1 heterocycles. The third-order valence-electron chi connectivity index (χ3n) is 1.80. The van der Waals surface area contributed by atoms with Crippen LogP contribution >= 0.6 is 0 Å². The molecule has 1 aromatic heterocycles. The van der Waals surface area contributed by atoms with E-state index in [4.69, 9.17) is 5.73 Å². The van der Waals surface area contributed by atoms with Crippen LogP contribution in [0.5, 0.6) is 0 Å². The maximum Gasteiger partial charge on any atom is 0.434 e. The minimum absolute atomic E-state index is 0.0680. The summed E-state index contributed by atoms with van der Waals surface area (Å²) in [6.07, 6.45) is -4.45. The van der Waals surface area contributed by atoms with Gasteiger partial charge in [-0.15, -0.1) is 5.10 Å². The smallest absolute Gasteiger partial charge is 0.325 e. The van der Waals surface area contributed by atoms with Gasteiger partial charge in [0.1, 0.15) is 5.69 Å². The van der Waals surface area contributed by atoms with E-state index < -0.39 is 11.9 Å². The average molecular weight is 222 g/mol. The fourth-order valence-electron chi connectivity index (χ4n) is 1.27. The van der Waals surface area contributed by atoms with Gasteiger partial charge in [0.05, 0.1) is 0 Å². The number of nitrogens with two attached hydrogens (primary N) is 1. The van der Waals surface area contributed by atoms with Crippen LogP contribution in [0, 0.1) is 5.92 Å². The van der Waals surface area contributed by atoms with Crippen molar-refractivity contribution in [1.29, 1.82) is 0 Å². The van der Waals surface area contributed by atoms with Crippen molar-refractivity contribution in [3.05, 3.63) is 11.4 Å². The Labute approximate surface area is 85.3 Å². The molecule has 2 N–H and O–H groups in total. The third kappa shape index (κ3) is 2.68. The molecule has 0 fully saturated rings. The molecule has 0 atom stereocenters. The topological polar surface area (TPSA) is 56.7 Å². The lowest BCUT2D eigenvalue weighted by molar-refractivity contribution is -0.145. The minimum atomic E-state index is -4.45. The summed E-state index contributed by atoms with van der Waals surface area (Å²) in [6, 6.07) is 0. The standard InChI is InChI=1S/C8H13F3N4/c1-5(2)4-15-7(8(9,10)11)6(3-12)13-14-15/h5H,3-4,12H2,1-2H3. The summed E-state index contributed by atoms with van der Waals surface area (Å²) >= 11 is 0. The van der Waals surface area contributed by atoms with E-state index in [2.05, 4.69) is 10.3 Å². The first-order valence-corrected chi connectivity index (χ1v) is 4.56. The normalized spacial score (nSPS) is 12.5. The number of nitrogens with zero attached hydrogens (tertiary/aromatic N) is 3. The van der Waals surface area contributed by atoms with E-state index in [0.717, 1.165) is 4.68 Å². The molecule has 86 valence electrons. The van der Waals surface area contributed by atoms with Crippen LogP contribution < -0.4 is 5.73 Å². The first-order chi connectivity index (χ1) is 6.86. The van der Waals surface area contributed by atoms with Gasteiger partial charge in [-0.05, 0) is 5.92 Å². The highest BCUT2D eigenvalue weighted by Gasteiger charge is 2.38. The Morgan fingerprint density at radius 2 is 2.00 bits per heavy atom. The summed E-state index contributed by atoms with van der Waals surface area (Å²) in [4.78, 5) is 0. The molecule has 0 unspecified atom stereocenters. The van der Waals surface area contributed by atoms with E-state index in [0.29, 0.717) is 0 Å². The van der Waals surface area contributed by atoms with Crippen molar-refractivity contribution >= 4 is 0 Å². The number of alkyl halides is 3. The Morgan fingerprint density at radius 1 is 1.40 bits per heavy atom. The molecule has 0 aliphatic rings. The zero-order chi connectivity index (χ0) is 11.6.